The second-order valence-electron chi connectivity index (χ2n) is 7.60. The molecule has 2 aliphatic rings. The number of methoxy groups -OCH3 is 1. The summed E-state index contributed by atoms with van der Waals surface area (Å²) in [7, 11) is 1.37. The normalized spacial score (nSPS) is 17.0. The second-order valence-corrected chi connectivity index (χ2v) is 7.60. The van der Waals surface area contributed by atoms with Gasteiger partial charge in [0.15, 0.2) is 17.3 Å². The summed E-state index contributed by atoms with van der Waals surface area (Å²) >= 11 is 0. The van der Waals surface area contributed by atoms with E-state index >= 15 is 0 Å². The number of ketones is 1. The first-order valence-electron chi connectivity index (χ1n) is 9.91. The van der Waals surface area contributed by atoms with Crippen molar-refractivity contribution in [2.75, 3.05) is 20.2 Å². The van der Waals surface area contributed by atoms with Gasteiger partial charge in [-0.15, -0.1) is 0 Å². The maximum absolute atomic E-state index is 13.3. The summed E-state index contributed by atoms with van der Waals surface area (Å²) in [5, 5.41) is 31.0. The molecule has 1 aliphatic carbocycles. The number of phenolic OH excluding ortho intramolecular Hbond substituents is 3. The maximum Gasteiger partial charge on any atom is 0.203 e. The van der Waals surface area contributed by atoms with Crippen molar-refractivity contribution in [3.8, 4) is 23.0 Å². The van der Waals surface area contributed by atoms with Gasteiger partial charge < -0.3 is 20.1 Å². The van der Waals surface area contributed by atoms with Gasteiger partial charge in [-0.3, -0.25) is 9.69 Å². The Morgan fingerprint density at radius 2 is 1.69 bits per heavy atom. The number of piperidine rings is 1. The van der Waals surface area contributed by atoms with E-state index in [0.29, 0.717) is 35.2 Å². The van der Waals surface area contributed by atoms with Crippen LogP contribution in [0.1, 0.15) is 46.3 Å². The number of rotatable bonds is 4. The Balaban J connectivity index is 1.79. The van der Waals surface area contributed by atoms with Gasteiger partial charge in [-0.25, -0.2) is 0 Å². The summed E-state index contributed by atoms with van der Waals surface area (Å²) in [6.07, 6.45) is 5.67. The van der Waals surface area contributed by atoms with Gasteiger partial charge in [-0.1, -0.05) is 24.6 Å². The van der Waals surface area contributed by atoms with Crippen LogP contribution < -0.4 is 4.74 Å². The van der Waals surface area contributed by atoms with Crippen LogP contribution in [0.3, 0.4) is 0 Å². The molecule has 1 aliphatic heterocycles. The van der Waals surface area contributed by atoms with E-state index in [0.717, 1.165) is 25.9 Å². The van der Waals surface area contributed by atoms with E-state index in [-0.39, 0.29) is 34.3 Å². The summed E-state index contributed by atoms with van der Waals surface area (Å²) in [6, 6.07) is 6.40. The molecule has 1 fully saturated rings. The monoisotopic (exact) mass is 395 g/mol. The van der Waals surface area contributed by atoms with Crippen molar-refractivity contribution in [1.82, 2.24) is 4.90 Å². The number of nitrogens with zero attached hydrogens (tertiary/aromatic N) is 1. The fourth-order valence-electron chi connectivity index (χ4n) is 4.30. The summed E-state index contributed by atoms with van der Waals surface area (Å²) in [5.41, 5.74) is 2.62. The first-order chi connectivity index (χ1) is 14.0. The molecule has 6 nitrogen and oxygen atoms in total. The zero-order valence-corrected chi connectivity index (χ0v) is 16.4. The molecule has 0 spiro atoms. The van der Waals surface area contributed by atoms with Crippen LogP contribution >= 0.6 is 0 Å². The van der Waals surface area contributed by atoms with Gasteiger partial charge >= 0.3 is 0 Å². The highest BCUT2D eigenvalue weighted by Gasteiger charge is 2.33. The van der Waals surface area contributed by atoms with Crippen LogP contribution in [0, 0.1) is 0 Å². The van der Waals surface area contributed by atoms with E-state index < -0.39 is 0 Å². The third kappa shape index (κ3) is 3.44. The Morgan fingerprint density at radius 3 is 2.34 bits per heavy atom. The SMILES string of the molecule is COc1c(O)c(CN2CCCCC2)c2c(c1O)C(=O)C(c1ccc(O)cc1)=CC2. The number of carbonyl (C=O) groups excluding carboxylic acids is 1. The molecule has 152 valence electrons. The Labute approximate surface area is 169 Å². The number of benzene rings is 2. The Morgan fingerprint density at radius 1 is 1.00 bits per heavy atom. The molecular weight excluding hydrogens is 370 g/mol. The largest absolute Gasteiger partial charge is 0.508 e. The molecule has 2 aromatic carbocycles. The van der Waals surface area contributed by atoms with Gasteiger partial charge in [0.1, 0.15) is 5.75 Å². The number of carbonyl (C=O) groups is 1. The smallest absolute Gasteiger partial charge is 0.203 e. The van der Waals surface area contributed by atoms with Gasteiger partial charge in [0.05, 0.1) is 12.7 Å². The quantitative estimate of drug-likeness (QED) is 0.733. The fraction of sp³-hybridized carbons (Fsp3) is 0.348. The van der Waals surface area contributed by atoms with Crippen LogP contribution in [0.15, 0.2) is 30.3 Å². The molecule has 29 heavy (non-hydrogen) atoms. The van der Waals surface area contributed by atoms with E-state index in [4.69, 9.17) is 4.74 Å². The highest BCUT2D eigenvalue weighted by molar-refractivity contribution is 6.31. The number of hydrogen-bond acceptors (Lipinski definition) is 6. The third-order valence-electron chi connectivity index (χ3n) is 5.81. The Hall–Kier alpha value is -2.99. The average molecular weight is 395 g/mol. The highest BCUT2D eigenvalue weighted by atomic mass is 16.5. The standard InChI is InChI=1S/C23H25NO5/c1-29-23-21(27)18(13-24-11-3-2-4-12-24)17-10-9-16(20(26)19(17)22(23)28)14-5-7-15(25)8-6-14/h5-9,25,27-28H,2-4,10-13H2,1H3. The molecule has 0 amide bonds. The molecule has 0 bridgehead atoms. The van der Waals surface area contributed by atoms with Gasteiger partial charge in [0.25, 0.3) is 0 Å². The lowest BCUT2D eigenvalue weighted by Gasteiger charge is -2.29. The first-order valence-corrected chi connectivity index (χ1v) is 9.91. The average Bonchev–Trinajstić information content (AvgIpc) is 2.73. The van der Waals surface area contributed by atoms with Gasteiger partial charge in [-0.05, 0) is 55.6 Å². The number of phenols is 3. The topological polar surface area (TPSA) is 90.2 Å². The Kier molecular flexibility index (Phi) is 5.20. The fourth-order valence-corrected chi connectivity index (χ4v) is 4.30. The lowest BCUT2D eigenvalue weighted by atomic mass is 9.83. The summed E-state index contributed by atoms with van der Waals surface area (Å²) in [6.45, 7) is 2.40. The van der Waals surface area contributed by atoms with E-state index in [1.165, 1.54) is 25.7 Å². The van der Waals surface area contributed by atoms with Crippen LogP contribution in [-0.2, 0) is 13.0 Å². The van der Waals surface area contributed by atoms with E-state index in [1.54, 1.807) is 12.1 Å². The van der Waals surface area contributed by atoms with Gasteiger partial charge in [0.2, 0.25) is 5.75 Å². The molecule has 1 saturated heterocycles. The van der Waals surface area contributed by atoms with Crippen LogP contribution in [-0.4, -0.2) is 46.2 Å². The minimum Gasteiger partial charge on any atom is -0.508 e. The summed E-state index contributed by atoms with van der Waals surface area (Å²) in [5.74, 6) is -0.666. The van der Waals surface area contributed by atoms with Gasteiger partial charge in [-0.2, -0.15) is 0 Å². The third-order valence-corrected chi connectivity index (χ3v) is 5.81. The number of hydrogen-bond donors (Lipinski definition) is 3. The molecule has 0 saturated carbocycles. The van der Waals surface area contributed by atoms with Crippen molar-refractivity contribution in [2.45, 2.75) is 32.2 Å². The molecule has 0 radical (unpaired) electrons. The number of fused-ring (bicyclic) bond motifs is 1. The van der Waals surface area contributed by atoms with E-state index in [9.17, 15) is 20.1 Å². The van der Waals surface area contributed by atoms with Crippen LogP contribution in [0.4, 0.5) is 0 Å². The van der Waals surface area contributed by atoms with E-state index in [1.807, 2.05) is 6.08 Å². The van der Waals surface area contributed by atoms with Crippen LogP contribution in [0.5, 0.6) is 23.0 Å². The molecule has 0 unspecified atom stereocenters. The maximum atomic E-state index is 13.3. The molecular formula is C23H25NO5. The van der Waals surface area contributed by atoms with Crippen LogP contribution in [0.25, 0.3) is 5.57 Å². The zero-order chi connectivity index (χ0) is 20.5. The number of ether oxygens (including phenoxy) is 1. The van der Waals surface area contributed by atoms with Crippen molar-refractivity contribution in [2.24, 2.45) is 0 Å². The molecule has 6 heteroatoms. The lowest BCUT2D eigenvalue weighted by molar-refractivity contribution is 0.105. The van der Waals surface area contributed by atoms with Crippen LogP contribution in [0.2, 0.25) is 0 Å². The molecule has 0 aromatic heterocycles. The number of aromatic hydroxyl groups is 3. The molecule has 4 rings (SSSR count). The molecule has 0 atom stereocenters. The highest BCUT2D eigenvalue weighted by Crippen LogP contribution is 2.47. The number of likely N-dealkylation sites (tertiary alicyclic amines) is 1. The van der Waals surface area contributed by atoms with Crippen molar-refractivity contribution >= 4 is 11.4 Å². The van der Waals surface area contributed by atoms with E-state index in [2.05, 4.69) is 4.90 Å². The van der Waals surface area contributed by atoms with Crippen molar-refractivity contribution < 1.29 is 24.9 Å². The first kappa shape index (κ1) is 19.3. The lowest BCUT2D eigenvalue weighted by Crippen LogP contribution is -2.30. The number of Topliss-reactive ketones (excluding diaryl/α,β-unsaturated/α-hetero) is 1. The Bertz CT molecular complexity index is 972. The predicted octanol–water partition coefficient (Wildman–Crippen LogP) is 3.62. The second kappa shape index (κ2) is 7.79. The van der Waals surface area contributed by atoms with Crippen molar-refractivity contribution in [3.05, 3.63) is 52.6 Å². The molecule has 1 heterocycles. The molecule has 3 N–H and O–H groups in total. The number of allylic oxidation sites excluding steroid dienone is 2. The van der Waals surface area contributed by atoms with Gasteiger partial charge in [0, 0.05) is 17.7 Å². The predicted molar refractivity (Wildman–Crippen MR) is 110 cm³/mol. The zero-order valence-electron chi connectivity index (χ0n) is 16.4. The minimum atomic E-state index is -0.322. The van der Waals surface area contributed by atoms with Crippen molar-refractivity contribution in [3.63, 3.8) is 0 Å². The summed E-state index contributed by atoms with van der Waals surface area (Å²) < 4.78 is 5.25. The van der Waals surface area contributed by atoms with Crippen molar-refractivity contribution in [1.29, 1.82) is 0 Å². The molecule has 2 aromatic rings. The minimum absolute atomic E-state index is 0.0592. The summed E-state index contributed by atoms with van der Waals surface area (Å²) in [4.78, 5) is 15.6.